The van der Waals surface area contributed by atoms with Crippen LogP contribution in [0, 0.1) is 0 Å². The predicted octanol–water partition coefficient (Wildman–Crippen LogP) is 2.96. The second-order valence-electron chi connectivity index (χ2n) is 3.85. The lowest BCUT2D eigenvalue weighted by atomic mass is 10.1. The minimum absolute atomic E-state index is 0. The summed E-state index contributed by atoms with van der Waals surface area (Å²) in [6.07, 6.45) is -4.29. The lowest BCUT2D eigenvalue weighted by Gasteiger charge is -2.20. The third kappa shape index (κ3) is 5.25. The van der Waals surface area contributed by atoms with E-state index in [0.29, 0.717) is 12.5 Å². The summed E-state index contributed by atoms with van der Waals surface area (Å²) >= 11 is 0. The summed E-state index contributed by atoms with van der Waals surface area (Å²) in [5.41, 5.74) is 0.161. The van der Waals surface area contributed by atoms with Crippen molar-refractivity contribution in [1.29, 1.82) is 0 Å². The van der Waals surface area contributed by atoms with Crippen molar-refractivity contribution in [1.82, 2.24) is 10.2 Å². The Balaban J connectivity index is 0.00000324. The van der Waals surface area contributed by atoms with E-state index in [1.165, 1.54) is 12.1 Å². The van der Waals surface area contributed by atoms with Crippen LogP contribution in [0.5, 0.6) is 0 Å². The first-order valence-electron chi connectivity index (χ1n) is 5.40. The van der Waals surface area contributed by atoms with Crippen molar-refractivity contribution in [2.75, 3.05) is 21.1 Å². The number of halogens is 4. The molecule has 0 aliphatic heterocycles. The van der Waals surface area contributed by atoms with Gasteiger partial charge in [-0.15, -0.1) is 24.0 Å². The molecule has 3 nitrogen and oxygen atoms in total. The van der Waals surface area contributed by atoms with E-state index in [-0.39, 0.29) is 24.0 Å². The first-order chi connectivity index (χ1) is 8.38. The van der Waals surface area contributed by atoms with Gasteiger partial charge in [-0.2, -0.15) is 13.2 Å². The van der Waals surface area contributed by atoms with Gasteiger partial charge in [-0.3, -0.25) is 4.99 Å². The maximum atomic E-state index is 12.4. The fourth-order valence-corrected chi connectivity index (χ4v) is 1.62. The molecule has 0 saturated heterocycles. The molecule has 0 aromatic heterocycles. The number of nitrogens with one attached hydrogen (secondary N) is 1. The summed E-state index contributed by atoms with van der Waals surface area (Å²) in [5, 5.41) is 2.90. The zero-order valence-electron chi connectivity index (χ0n) is 11.0. The molecule has 0 aliphatic rings. The standard InChI is InChI=1S/C12H16F3N3.HI/c1-16-11(17-2)18(3)8-9-4-6-10(7-5-9)12(13,14)15;/h4-7H,8H2,1-3H3,(H,16,17);1H. The molecule has 19 heavy (non-hydrogen) atoms. The van der Waals surface area contributed by atoms with Gasteiger partial charge in [0.15, 0.2) is 5.96 Å². The Hall–Kier alpha value is -0.990. The van der Waals surface area contributed by atoms with Gasteiger partial charge in [-0.05, 0) is 17.7 Å². The Morgan fingerprint density at radius 1 is 1.26 bits per heavy atom. The van der Waals surface area contributed by atoms with Gasteiger partial charge in [0.2, 0.25) is 0 Å². The van der Waals surface area contributed by atoms with Crippen molar-refractivity contribution in [3.63, 3.8) is 0 Å². The summed E-state index contributed by atoms with van der Waals surface area (Å²) in [6.45, 7) is 0.492. The van der Waals surface area contributed by atoms with Crippen LogP contribution >= 0.6 is 24.0 Å². The molecule has 0 atom stereocenters. The molecule has 0 bridgehead atoms. The molecule has 0 radical (unpaired) electrons. The van der Waals surface area contributed by atoms with Crippen LogP contribution in [0.25, 0.3) is 0 Å². The highest BCUT2D eigenvalue weighted by Gasteiger charge is 2.29. The first kappa shape index (κ1) is 18.0. The van der Waals surface area contributed by atoms with E-state index in [2.05, 4.69) is 10.3 Å². The van der Waals surface area contributed by atoms with Crippen LogP contribution in [0.1, 0.15) is 11.1 Å². The molecular formula is C12H17F3IN3. The zero-order chi connectivity index (χ0) is 13.8. The largest absolute Gasteiger partial charge is 0.416 e. The van der Waals surface area contributed by atoms with Crippen LogP contribution in [0.4, 0.5) is 13.2 Å². The molecule has 0 heterocycles. The predicted molar refractivity (Wildman–Crippen MR) is 80.7 cm³/mol. The quantitative estimate of drug-likeness (QED) is 0.480. The monoisotopic (exact) mass is 387 g/mol. The van der Waals surface area contributed by atoms with E-state index in [1.54, 1.807) is 14.1 Å². The van der Waals surface area contributed by atoms with Gasteiger partial charge >= 0.3 is 6.18 Å². The average molecular weight is 387 g/mol. The van der Waals surface area contributed by atoms with Crippen molar-refractivity contribution >= 4 is 29.9 Å². The molecule has 0 unspecified atom stereocenters. The highest BCUT2D eigenvalue weighted by atomic mass is 127. The molecule has 0 aliphatic carbocycles. The second kappa shape index (κ2) is 7.56. The van der Waals surface area contributed by atoms with E-state index in [0.717, 1.165) is 17.7 Å². The van der Waals surface area contributed by atoms with E-state index < -0.39 is 11.7 Å². The Kier molecular flexibility index (Phi) is 7.17. The van der Waals surface area contributed by atoms with Crippen molar-refractivity contribution in [3.05, 3.63) is 35.4 Å². The third-order valence-corrected chi connectivity index (χ3v) is 2.50. The molecule has 1 N–H and O–H groups in total. The number of hydrogen-bond acceptors (Lipinski definition) is 1. The molecule has 1 aromatic rings. The number of benzene rings is 1. The average Bonchev–Trinajstić information content (AvgIpc) is 2.30. The number of alkyl halides is 3. The van der Waals surface area contributed by atoms with E-state index in [9.17, 15) is 13.2 Å². The van der Waals surface area contributed by atoms with Crippen LogP contribution < -0.4 is 5.32 Å². The van der Waals surface area contributed by atoms with Crippen molar-refractivity contribution in [2.45, 2.75) is 12.7 Å². The highest BCUT2D eigenvalue weighted by molar-refractivity contribution is 14.0. The fraction of sp³-hybridized carbons (Fsp3) is 0.417. The lowest BCUT2D eigenvalue weighted by Crippen LogP contribution is -2.36. The minimum Gasteiger partial charge on any atom is -0.359 e. The van der Waals surface area contributed by atoms with Gasteiger partial charge in [0.25, 0.3) is 0 Å². The molecule has 7 heteroatoms. The molecule has 0 saturated carbocycles. The number of nitrogens with zero attached hydrogens (tertiary/aromatic N) is 2. The van der Waals surface area contributed by atoms with E-state index in [1.807, 2.05) is 11.9 Å². The van der Waals surface area contributed by atoms with Gasteiger partial charge < -0.3 is 10.2 Å². The van der Waals surface area contributed by atoms with Crippen LogP contribution in [0.15, 0.2) is 29.3 Å². The summed E-state index contributed by atoms with van der Waals surface area (Å²) < 4.78 is 37.1. The van der Waals surface area contributed by atoms with Gasteiger partial charge in [0.1, 0.15) is 0 Å². The first-order valence-corrected chi connectivity index (χ1v) is 5.40. The summed E-state index contributed by atoms with van der Waals surface area (Å²) in [7, 11) is 5.21. The number of rotatable bonds is 2. The topological polar surface area (TPSA) is 27.6 Å². The zero-order valence-corrected chi connectivity index (χ0v) is 13.3. The molecule has 108 valence electrons. The van der Waals surface area contributed by atoms with Gasteiger partial charge in [0.05, 0.1) is 5.56 Å². The van der Waals surface area contributed by atoms with Crippen LogP contribution in [0.2, 0.25) is 0 Å². The van der Waals surface area contributed by atoms with Crippen molar-refractivity contribution in [3.8, 4) is 0 Å². The molecule has 0 spiro atoms. The van der Waals surface area contributed by atoms with Crippen LogP contribution in [0.3, 0.4) is 0 Å². The summed E-state index contributed by atoms with van der Waals surface area (Å²) in [5.74, 6) is 0.676. The lowest BCUT2D eigenvalue weighted by molar-refractivity contribution is -0.137. The molecular weight excluding hydrogens is 370 g/mol. The minimum atomic E-state index is -4.29. The summed E-state index contributed by atoms with van der Waals surface area (Å²) in [6, 6.07) is 5.13. The number of aliphatic imine (C=N–C) groups is 1. The second-order valence-corrected chi connectivity index (χ2v) is 3.85. The molecule has 0 amide bonds. The Labute approximate surface area is 127 Å². The highest BCUT2D eigenvalue weighted by Crippen LogP contribution is 2.29. The van der Waals surface area contributed by atoms with Crippen LogP contribution in [-0.4, -0.2) is 32.0 Å². The Morgan fingerprint density at radius 2 is 1.79 bits per heavy atom. The van der Waals surface area contributed by atoms with Crippen molar-refractivity contribution < 1.29 is 13.2 Å². The fourth-order valence-electron chi connectivity index (χ4n) is 1.62. The summed E-state index contributed by atoms with van der Waals surface area (Å²) in [4.78, 5) is 5.83. The number of hydrogen-bond donors (Lipinski definition) is 1. The van der Waals surface area contributed by atoms with Gasteiger partial charge in [-0.1, -0.05) is 12.1 Å². The number of guanidine groups is 1. The smallest absolute Gasteiger partial charge is 0.359 e. The van der Waals surface area contributed by atoms with Gasteiger partial charge in [0, 0.05) is 27.7 Å². The maximum Gasteiger partial charge on any atom is 0.416 e. The maximum absolute atomic E-state index is 12.4. The normalized spacial score (nSPS) is 11.8. The molecule has 1 rings (SSSR count). The van der Waals surface area contributed by atoms with Crippen molar-refractivity contribution in [2.24, 2.45) is 4.99 Å². The SMILES string of the molecule is CN=C(NC)N(C)Cc1ccc(C(F)(F)F)cc1.I. The Morgan fingerprint density at radius 3 is 2.16 bits per heavy atom. The van der Waals surface area contributed by atoms with Gasteiger partial charge in [-0.25, -0.2) is 0 Å². The Bertz CT molecular complexity index is 415. The molecule has 1 aromatic carbocycles. The molecule has 0 fully saturated rings. The van der Waals surface area contributed by atoms with Crippen LogP contribution in [-0.2, 0) is 12.7 Å². The van der Waals surface area contributed by atoms with E-state index >= 15 is 0 Å². The third-order valence-electron chi connectivity index (χ3n) is 2.50. The van der Waals surface area contributed by atoms with E-state index in [4.69, 9.17) is 0 Å².